The highest BCUT2D eigenvalue weighted by Gasteiger charge is 2.17. The first-order chi connectivity index (χ1) is 9.29. The van der Waals surface area contributed by atoms with Gasteiger partial charge in [0.1, 0.15) is 0 Å². The van der Waals surface area contributed by atoms with E-state index in [2.05, 4.69) is 27.1 Å². The molecule has 3 rings (SSSR count). The van der Waals surface area contributed by atoms with Crippen LogP contribution in [0.5, 0.6) is 0 Å². The summed E-state index contributed by atoms with van der Waals surface area (Å²) < 4.78 is 0. The molecule has 1 N–H and O–H groups in total. The molecule has 1 aromatic carbocycles. The predicted molar refractivity (Wildman–Crippen MR) is 79.0 cm³/mol. The first kappa shape index (κ1) is 12.3. The van der Waals surface area contributed by atoms with Gasteiger partial charge in [0.15, 0.2) is 0 Å². The molecular formula is C15H14ClN3. The molecule has 0 bridgehead atoms. The Hall–Kier alpha value is -1.76. The van der Waals surface area contributed by atoms with Crippen LogP contribution in [-0.2, 0) is 0 Å². The quantitative estimate of drug-likeness (QED) is 0.852. The molecule has 0 saturated carbocycles. The molecule has 0 saturated heterocycles. The predicted octanol–water partition coefficient (Wildman–Crippen LogP) is 2.94. The monoisotopic (exact) mass is 271 g/mol. The smallest absolute Gasteiger partial charge is 0.0969 e. The summed E-state index contributed by atoms with van der Waals surface area (Å²) in [4.78, 5) is 2.25. The van der Waals surface area contributed by atoms with Gasteiger partial charge in [0.2, 0.25) is 0 Å². The lowest BCUT2D eigenvalue weighted by Gasteiger charge is -2.24. The van der Waals surface area contributed by atoms with Crippen molar-refractivity contribution in [1.29, 1.82) is 0 Å². The number of nitrogens with one attached hydrogen (secondary N) is 1. The number of fused-ring (bicyclic) bond motifs is 1. The van der Waals surface area contributed by atoms with Crippen LogP contribution in [0.15, 0.2) is 24.3 Å². The highest BCUT2D eigenvalue weighted by Crippen LogP contribution is 2.29. The highest BCUT2D eigenvalue weighted by atomic mass is 35.5. The average Bonchev–Trinajstić information content (AvgIpc) is 2.85. The van der Waals surface area contributed by atoms with Crippen molar-refractivity contribution in [3.05, 3.63) is 35.0 Å². The number of nitrogens with zero attached hydrogens (tertiary/aromatic N) is 2. The number of para-hydroxylation sites is 1. The Kier molecular flexibility index (Phi) is 3.29. The third-order valence-corrected chi connectivity index (χ3v) is 3.71. The maximum absolute atomic E-state index is 6.16. The van der Waals surface area contributed by atoms with Crippen molar-refractivity contribution >= 4 is 28.1 Å². The van der Waals surface area contributed by atoms with E-state index in [1.165, 1.54) is 5.57 Å². The van der Waals surface area contributed by atoms with Gasteiger partial charge < -0.3 is 0 Å². The van der Waals surface area contributed by atoms with Crippen molar-refractivity contribution in [2.24, 2.45) is 0 Å². The fraction of sp³-hybridized carbons (Fsp3) is 0.267. The van der Waals surface area contributed by atoms with Crippen LogP contribution in [0.2, 0.25) is 5.02 Å². The molecule has 0 unspecified atom stereocenters. The van der Waals surface area contributed by atoms with Crippen LogP contribution in [0.3, 0.4) is 0 Å². The van der Waals surface area contributed by atoms with E-state index in [0.29, 0.717) is 11.6 Å². The summed E-state index contributed by atoms with van der Waals surface area (Å²) in [6.45, 7) is 2.54. The van der Waals surface area contributed by atoms with Crippen molar-refractivity contribution in [1.82, 2.24) is 15.1 Å². The van der Waals surface area contributed by atoms with Crippen LogP contribution >= 0.6 is 11.6 Å². The molecule has 2 heterocycles. The van der Waals surface area contributed by atoms with Gasteiger partial charge in [0.25, 0.3) is 0 Å². The van der Waals surface area contributed by atoms with Crippen LogP contribution in [0, 0.1) is 12.3 Å². The zero-order valence-corrected chi connectivity index (χ0v) is 11.2. The average molecular weight is 272 g/mol. The number of aromatic amines is 1. The van der Waals surface area contributed by atoms with Gasteiger partial charge in [0.05, 0.1) is 22.8 Å². The Balaban J connectivity index is 1.99. The maximum atomic E-state index is 6.16. The van der Waals surface area contributed by atoms with Crippen molar-refractivity contribution < 1.29 is 0 Å². The molecule has 0 amide bonds. The normalized spacial score (nSPS) is 16.3. The molecule has 0 atom stereocenters. The van der Waals surface area contributed by atoms with Crippen molar-refractivity contribution in [2.45, 2.75) is 6.42 Å². The Morgan fingerprint density at radius 2 is 2.37 bits per heavy atom. The summed E-state index contributed by atoms with van der Waals surface area (Å²) in [5, 5.41) is 9.21. The highest BCUT2D eigenvalue weighted by molar-refractivity contribution is 6.35. The molecular weight excluding hydrogens is 258 g/mol. The number of rotatable bonds is 2. The second kappa shape index (κ2) is 5.08. The van der Waals surface area contributed by atoms with Gasteiger partial charge in [-0.05, 0) is 18.1 Å². The van der Waals surface area contributed by atoms with Crippen molar-refractivity contribution in [2.75, 3.05) is 19.6 Å². The van der Waals surface area contributed by atoms with Gasteiger partial charge in [0, 0.05) is 18.5 Å². The van der Waals surface area contributed by atoms with Gasteiger partial charge in [-0.3, -0.25) is 10.00 Å². The second-order valence-corrected chi connectivity index (χ2v) is 5.07. The fourth-order valence-electron chi connectivity index (χ4n) is 2.49. The SMILES string of the molecule is C#CCN1CCC=C(c2n[nH]c3c(Cl)cccc23)C1. The Morgan fingerprint density at radius 3 is 3.21 bits per heavy atom. The first-order valence-electron chi connectivity index (χ1n) is 6.27. The van der Waals surface area contributed by atoms with Crippen LogP contribution in [0.4, 0.5) is 0 Å². The molecule has 1 aliphatic rings. The van der Waals surface area contributed by atoms with Gasteiger partial charge in [-0.1, -0.05) is 35.7 Å². The van der Waals surface area contributed by atoms with E-state index in [4.69, 9.17) is 18.0 Å². The molecule has 96 valence electrons. The van der Waals surface area contributed by atoms with Gasteiger partial charge in [-0.15, -0.1) is 6.42 Å². The molecule has 1 aliphatic heterocycles. The molecule has 0 aliphatic carbocycles. The molecule has 19 heavy (non-hydrogen) atoms. The summed E-state index contributed by atoms with van der Waals surface area (Å²) >= 11 is 6.16. The molecule has 3 nitrogen and oxygen atoms in total. The fourth-order valence-corrected chi connectivity index (χ4v) is 2.71. The van der Waals surface area contributed by atoms with Crippen LogP contribution in [0.25, 0.3) is 16.5 Å². The molecule has 4 heteroatoms. The van der Waals surface area contributed by atoms with Gasteiger partial charge in [-0.2, -0.15) is 5.10 Å². The van der Waals surface area contributed by atoms with Gasteiger partial charge in [-0.25, -0.2) is 0 Å². The number of halogens is 1. The standard InChI is InChI=1S/C15H14ClN3/c1-2-8-19-9-4-5-11(10-19)14-12-6-3-7-13(16)15(12)18-17-14/h1,3,5-7H,4,8-10H2,(H,17,18). The number of aromatic nitrogens is 2. The van der Waals surface area contributed by atoms with Gasteiger partial charge >= 0.3 is 0 Å². The maximum Gasteiger partial charge on any atom is 0.0969 e. The number of hydrogen-bond acceptors (Lipinski definition) is 2. The molecule has 0 fully saturated rings. The summed E-state index contributed by atoms with van der Waals surface area (Å²) in [5.41, 5.74) is 3.10. The van der Waals surface area contributed by atoms with E-state index in [-0.39, 0.29) is 0 Å². The number of benzene rings is 1. The third kappa shape index (κ3) is 2.25. The summed E-state index contributed by atoms with van der Waals surface area (Å²) in [6.07, 6.45) is 8.63. The van der Waals surface area contributed by atoms with E-state index < -0.39 is 0 Å². The largest absolute Gasteiger partial charge is 0.288 e. The van der Waals surface area contributed by atoms with Crippen molar-refractivity contribution in [3.8, 4) is 12.3 Å². The summed E-state index contributed by atoms with van der Waals surface area (Å²) in [7, 11) is 0. The second-order valence-electron chi connectivity index (χ2n) is 4.67. The van der Waals surface area contributed by atoms with Crippen LogP contribution in [-0.4, -0.2) is 34.7 Å². The van der Waals surface area contributed by atoms with Crippen LogP contribution < -0.4 is 0 Å². The number of terminal acetylenes is 1. The minimum atomic E-state index is 0.681. The lowest BCUT2D eigenvalue weighted by Crippen LogP contribution is -2.29. The molecule has 2 aromatic rings. The number of H-pyrrole nitrogens is 1. The summed E-state index contributed by atoms with van der Waals surface area (Å²) in [6, 6.07) is 5.86. The topological polar surface area (TPSA) is 31.9 Å². The Morgan fingerprint density at radius 1 is 1.47 bits per heavy atom. The molecule has 0 radical (unpaired) electrons. The zero-order valence-electron chi connectivity index (χ0n) is 10.5. The first-order valence-corrected chi connectivity index (χ1v) is 6.65. The summed E-state index contributed by atoms with van der Waals surface area (Å²) in [5.74, 6) is 2.70. The lowest BCUT2D eigenvalue weighted by molar-refractivity contribution is 0.342. The van der Waals surface area contributed by atoms with E-state index in [0.717, 1.165) is 36.1 Å². The van der Waals surface area contributed by atoms with Crippen molar-refractivity contribution in [3.63, 3.8) is 0 Å². The Bertz CT molecular complexity index is 678. The van der Waals surface area contributed by atoms with E-state index in [9.17, 15) is 0 Å². The minimum absolute atomic E-state index is 0.681. The van der Waals surface area contributed by atoms with E-state index in [1.54, 1.807) is 0 Å². The Labute approximate surface area is 117 Å². The minimum Gasteiger partial charge on any atom is -0.288 e. The molecule has 1 aromatic heterocycles. The third-order valence-electron chi connectivity index (χ3n) is 3.40. The number of hydrogen-bond donors (Lipinski definition) is 1. The van der Waals surface area contributed by atoms with E-state index in [1.807, 2.05) is 18.2 Å². The zero-order chi connectivity index (χ0) is 13.2. The van der Waals surface area contributed by atoms with E-state index >= 15 is 0 Å². The lowest BCUT2D eigenvalue weighted by atomic mass is 10.0. The molecule has 0 spiro atoms. The van der Waals surface area contributed by atoms with Crippen LogP contribution in [0.1, 0.15) is 12.1 Å².